The fraction of sp³-hybridized carbons (Fsp3) is 0.321. The average molecular weight is 442 g/mol. The molecule has 3 heterocycles. The number of carbonyl (C=O) groups excluding carboxylic acids is 1. The van der Waals surface area contributed by atoms with Gasteiger partial charge in [0.15, 0.2) is 5.78 Å². The van der Waals surface area contributed by atoms with Gasteiger partial charge in [-0.05, 0) is 65.6 Å². The fourth-order valence-electron chi connectivity index (χ4n) is 5.69. The molecule has 1 aliphatic carbocycles. The summed E-state index contributed by atoms with van der Waals surface area (Å²) in [5.74, 6) is 0.353. The van der Waals surface area contributed by atoms with Crippen molar-refractivity contribution in [3.05, 3.63) is 88.8 Å². The van der Waals surface area contributed by atoms with Crippen LogP contribution in [0.3, 0.4) is 0 Å². The molecule has 0 saturated heterocycles. The highest BCUT2D eigenvalue weighted by molar-refractivity contribution is 6.03. The van der Waals surface area contributed by atoms with Crippen LogP contribution in [0.25, 0.3) is 11.1 Å². The third-order valence-corrected chi connectivity index (χ3v) is 7.10. The van der Waals surface area contributed by atoms with Crippen LogP contribution in [0.1, 0.15) is 56.7 Å². The molecule has 1 N–H and O–H groups in total. The minimum absolute atomic E-state index is 0.121. The number of aryl methyl sites for hydroxylation is 1. The minimum atomic E-state index is -0.768. The quantitative estimate of drug-likeness (QED) is 0.514. The van der Waals surface area contributed by atoms with E-state index in [1.54, 1.807) is 12.3 Å². The summed E-state index contributed by atoms with van der Waals surface area (Å²) in [5.41, 5.74) is 5.68. The molecule has 0 amide bonds. The van der Waals surface area contributed by atoms with Crippen LogP contribution >= 0.6 is 0 Å². The predicted octanol–water partition coefficient (Wildman–Crippen LogP) is 6.36. The number of fused-ring (bicyclic) bond motifs is 1. The Balaban J connectivity index is 1.81. The summed E-state index contributed by atoms with van der Waals surface area (Å²) in [5, 5.41) is 3.40. The number of rotatable bonds is 3. The highest BCUT2D eigenvalue weighted by Gasteiger charge is 2.49. The molecule has 1 atom stereocenters. The van der Waals surface area contributed by atoms with Gasteiger partial charge in [-0.3, -0.25) is 9.78 Å². The number of benzene rings is 1. The number of nitrogens with one attached hydrogen (secondary N) is 1. The summed E-state index contributed by atoms with van der Waals surface area (Å²) in [4.78, 5) is 22.3. The number of hydrogen-bond donors (Lipinski definition) is 1. The van der Waals surface area contributed by atoms with Gasteiger partial charge in [-0.2, -0.15) is 0 Å². The topological polar surface area (TPSA) is 54.9 Å². The first kappa shape index (κ1) is 21.5. The Labute approximate surface area is 194 Å². The van der Waals surface area contributed by atoms with Gasteiger partial charge in [-0.1, -0.05) is 39.0 Å². The number of carbonyl (C=O) groups is 1. The molecule has 0 unspecified atom stereocenters. The van der Waals surface area contributed by atoms with E-state index in [9.17, 15) is 9.18 Å². The highest BCUT2D eigenvalue weighted by atomic mass is 19.1. The molecule has 5 heteroatoms. The lowest BCUT2D eigenvalue weighted by Crippen LogP contribution is -2.43. The maximum Gasteiger partial charge on any atom is 0.162 e. The summed E-state index contributed by atoms with van der Waals surface area (Å²) in [7, 11) is 0. The Bertz CT molecular complexity index is 1310. The third-order valence-electron chi connectivity index (χ3n) is 7.10. The number of pyridine rings is 2. The van der Waals surface area contributed by atoms with E-state index in [0.717, 1.165) is 45.5 Å². The Hall–Kier alpha value is -3.34. The van der Waals surface area contributed by atoms with E-state index in [-0.39, 0.29) is 11.2 Å². The second kappa shape index (κ2) is 7.62. The van der Waals surface area contributed by atoms with Gasteiger partial charge in [0.2, 0.25) is 0 Å². The zero-order valence-electron chi connectivity index (χ0n) is 19.5. The number of Topliss-reactive ketones (excluding diaryl/α,β-unsaturated/α-hetero) is 1. The number of anilines is 1. The fourth-order valence-corrected chi connectivity index (χ4v) is 5.69. The molecule has 4 nitrogen and oxygen atoms in total. The van der Waals surface area contributed by atoms with Gasteiger partial charge in [0.05, 0.1) is 11.6 Å². The molecule has 1 aliphatic heterocycles. The van der Waals surface area contributed by atoms with Crippen LogP contribution in [0.5, 0.6) is 0 Å². The number of allylic oxidation sites excluding steroid dienone is 2. The van der Waals surface area contributed by atoms with E-state index in [4.69, 9.17) is 0 Å². The molecule has 168 valence electrons. The molecule has 0 bridgehead atoms. The van der Waals surface area contributed by atoms with Gasteiger partial charge in [-0.25, -0.2) is 9.37 Å². The Morgan fingerprint density at radius 3 is 2.70 bits per heavy atom. The van der Waals surface area contributed by atoms with Crippen molar-refractivity contribution in [2.24, 2.45) is 5.41 Å². The maximum atomic E-state index is 14.5. The minimum Gasteiger partial charge on any atom is -0.343 e. The second-order valence-corrected chi connectivity index (χ2v) is 10.00. The molecule has 5 rings (SSSR count). The first-order chi connectivity index (χ1) is 15.7. The van der Waals surface area contributed by atoms with Crippen molar-refractivity contribution in [3.8, 4) is 11.1 Å². The van der Waals surface area contributed by atoms with E-state index >= 15 is 0 Å². The van der Waals surface area contributed by atoms with Crippen molar-refractivity contribution >= 4 is 11.6 Å². The smallest absolute Gasteiger partial charge is 0.162 e. The van der Waals surface area contributed by atoms with Crippen molar-refractivity contribution in [2.75, 3.05) is 5.32 Å². The largest absolute Gasteiger partial charge is 0.343 e. The van der Waals surface area contributed by atoms with Crippen LogP contribution in [0.15, 0.2) is 66.3 Å². The van der Waals surface area contributed by atoms with Crippen molar-refractivity contribution < 1.29 is 9.18 Å². The zero-order valence-corrected chi connectivity index (χ0v) is 19.5. The molecule has 0 radical (unpaired) electrons. The summed E-state index contributed by atoms with van der Waals surface area (Å²) in [6.07, 6.45) is 6.72. The number of hydrogen-bond acceptors (Lipinski definition) is 4. The van der Waals surface area contributed by atoms with Gasteiger partial charge in [0.1, 0.15) is 11.6 Å². The van der Waals surface area contributed by atoms with Gasteiger partial charge in [0.25, 0.3) is 0 Å². The van der Waals surface area contributed by atoms with E-state index in [2.05, 4.69) is 54.3 Å². The van der Waals surface area contributed by atoms with Crippen molar-refractivity contribution in [3.63, 3.8) is 0 Å². The van der Waals surface area contributed by atoms with E-state index in [0.29, 0.717) is 18.7 Å². The first-order valence-corrected chi connectivity index (χ1v) is 11.5. The van der Waals surface area contributed by atoms with E-state index < -0.39 is 11.2 Å². The second-order valence-electron chi connectivity index (χ2n) is 10.00. The summed E-state index contributed by atoms with van der Waals surface area (Å²) >= 11 is 0. The standard InChI is InChI=1S/C28H28FN3O/c1-5-28(19-8-6-7-18(11-19)21-9-10-30-15-17(21)2)22-12-20(29)16-31-26(22)32-23-13-27(3,4)14-24(33)25(23)28/h6-12,15-16H,5,13-14H2,1-4H3,(H,31,32)/t28-/m0/s1. The van der Waals surface area contributed by atoms with Crippen LogP contribution in [-0.4, -0.2) is 15.8 Å². The van der Waals surface area contributed by atoms with Gasteiger partial charge in [-0.15, -0.1) is 0 Å². The summed E-state index contributed by atoms with van der Waals surface area (Å²) in [6.45, 7) is 8.34. The van der Waals surface area contributed by atoms with Gasteiger partial charge >= 0.3 is 0 Å². The van der Waals surface area contributed by atoms with Crippen molar-refractivity contribution in [1.29, 1.82) is 0 Å². The van der Waals surface area contributed by atoms with E-state index in [1.807, 2.05) is 25.3 Å². The lowest BCUT2D eigenvalue weighted by atomic mass is 9.59. The molecule has 33 heavy (non-hydrogen) atoms. The van der Waals surface area contributed by atoms with Crippen LogP contribution in [0, 0.1) is 18.2 Å². The zero-order chi connectivity index (χ0) is 23.4. The molecule has 0 fully saturated rings. The molecule has 3 aromatic rings. The Morgan fingerprint density at radius 2 is 1.94 bits per heavy atom. The molecule has 2 aliphatic rings. The monoisotopic (exact) mass is 441 g/mol. The van der Waals surface area contributed by atoms with Crippen molar-refractivity contribution in [1.82, 2.24) is 9.97 Å². The average Bonchev–Trinajstić information content (AvgIpc) is 2.77. The van der Waals surface area contributed by atoms with Crippen LogP contribution in [0.4, 0.5) is 10.2 Å². The Morgan fingerprint density at radius 1 is 1.12 bits per heavy atom. The van der Waals surface area contributed by atoms with Crippen LogP contribution in [0.2, 0.25) is 0 Å². The lowest BCUT2D eigenvalue weighted by Gasteiger charge is -2.46. The molecular weight excluding hydrogens is 413 g/mol. The maximum absolute atomic E-state index is 14.5. The molecule has 2 aromatic heterocycles. The normalized spacial score (nSPS) is 21.3. The number of aromatic nitrogens is 2. The lowest BCUT2D eigenvalue weighted by molar-refractivity contribution is -0.118. The first-order valence-electron chi connectivity index (χ1n) is 11.5. The molecular formula is C28H28FN3O. The van der Waals surface area contributed by atoms with Crippen LogP contribution in [-0.2, 0) is 10.2 Å². The summed E-state index contributed by atoms with van der Waals surface area (Å²) < 4.78 is 14.5. The molecule has 0 saturated carbocycles. The predicted molar refractivity (Wildman–Crippen MR) is 128 cm³/mol. The van der Waals surface area contributed by atoms with Crippen LogP contribution < -0.4 is 5.32 Å². The molecule has 0 spiro atoms. The highest BCUT2D eigenvalue weighted by Crippen LogP contribution is 2.54. The molecule has 1 aromatic carbocycles. The Kier molecular flexibility index (Phi) is 4.96. The third kappa shape index (κ3) is 3.38. The number of halogens is 1. The number of ketones is 1. The van der Waals surface area contributed by atoms with Gasteiger partial charge in [0, 0.05) is 35.6 Å². The summed E-state index contributed by atoms with van der Waals surface area (Å²) in [6, 6.07) is 11.8. The van der Waals surface area contributed by atoms with E-state index in [1.165, 1.54) is 6.20 Å². The number of nitrogens with zero attached hydrogens (tertiary/aromatic N) is 2. The van der Waals surface area contributed by atoms with Gasteiger partial charge < -0.3 is 5.32 Å². The SMILES string of the molecule is CC[C@@]1(c2cccc(-c3ccncc3C)c2)C2=C(CC(C)(C)CC2=O)Nc2ncc(F)cc21. The van der Waals surface area contributed by atoms with Crippen molar-refractivity contribution in [2.45, 2.75) is 52.4 Å².